The molecule has 3 heteroatoms. The molecule has 0 spiro atoms. The Morgan fingerprint density at radius 2 is 1.77 bits per heavy atom. The molecular formula is C19H17NO2. The maximum Gasteiger partial charge on any atom is 0.238 e. The molecule has 1 aliphatic heterocycles. The summed E-state index contributed by atoms with van der Waals surface area (Å²) in [6.45, 7) is 2.02. The highest BCUT2D eigenvalue weighted by Crippen LogP contribution is 2.40. The number of rotatable bonds is 1. The van der Waals surface area contributed by atoms with Crippen LogP contribution in [0.2, 0.25) is 0 Å². The van der Waals surface area contributed by atoms with E-state index in [2.05, 4.69) is 6.08 Å². The number of carbonyl (C=O) groups is 2. The fraction of sp³-hybridized carbons (Fsp3) is 0.263. The molecule has 0 saturated carbocycles. The van der Waals surface area contributed by atoms with E-state index in [4.69, 9.17) is 0 Å². The third-order valence-electron chi connectivity index (χ3n) is 4.86. The summed E-state index contributed by atoms with van der Waals surface area (Å²) in [6, 6.07) is 13.7. The first-order valence-electron chi connectivity index (χ1n) is 7.70. The predicted molar refractivity (Wildman–Crippen MR) is 86.3 cm³/mol. The van der Waals surface area contributed by atoms with Crippen molar-refractivity contribution in [1.29, 1.82) is 0 Å². The van der Waals surface area contributed by atoms with Crippen molar-refractivity contribution in [3.8, 4) is 0 Å². The Hall–Kier alpha value is -2.42. The molecule has 1 fully saturated rings. The molecule has 110 valence electrons. The quantitative estimate of drug-likeness (QED) is 0.595. The molecule has 2 aromatic rings. The summed E-state index contributed by atoms with van der Waals surface area (Å²) in [5.74, 6) is -0.382. The second-order valence-corrected chi connectivity index (χ2v) is 6.20. The molecule has 3 atom stereocenters. The van der Waals surface area contributed by atoms with Gasteiger partial charge in [-0.15, -0.1) is 0 Å². The van der Waals surface area contributed by atoms with Crippen LogP contribution < -0.4 is 4.90 Å². The maximum absolute atomic E-state index is 12.8. The van der Waals surface area contributed by atoms with Gasteiger partial charge in [0.2, 0.25) is 11.8 Å². The number of hydrogen-bond acceptors (Lipinski definition) is 2. The number of carbonyl (C=O) groups excluding carboxylic acids is 2. The van der Waals surface area contributed by atoms with Crippen molar-refractivity contribution in [3.63, 3.8) is 0 Å². The van der Waals surface area contributed by atoms with Crippen molar-refractivity contribution < 1.29 is 9.59 Å². The SMILES string of the molecule is C[C@@H]1C=CC[C@@H]2C(=O)N(c3ccc4ccccc4c3)C(=O)[C@@H]12. The van der Waals surface area contributed by atoms with Crippen LogP contribution in [0.1, 0.15) is 13.3 Å². The molecule has 0 N–H and O–H groups in total. The number of anilines is 1. The number of benzene rings is 2. The standard InChI is InChI=1S/C19H17NO2/c1-12-5-4-8-16-17(12)19(22)20(18(16)21)15-10-9-13-6-2-3-7-14(13)11-15/h2-7,9-12,16-17H,8H2,1H3/t12-,16+,17+/m1/s1. The molecule has 0 radical (unpaired) electrons. The van der Waals surface area contributed by atoms with Gasteiger partial charge in [-0.05, 0) is 35.2 Å². The summed E-state index contributed by atoms with van der Waals surface area (Å²) in [6.07, 6.45) is 4.75. The Balaban J connectivity index is 1.78. The third-order valence-corrected chi connectivity index (χ3v) is 4.86. The number of amides is 2. The topological polar surface area (TPSA) is 37.4 Å². The number of fused-ring (bicyclic) bond motifs is 2. The summed E-state index contributed by atoms with van der Waals surface area (Å²) < 4.78 is 0. The van der Waals surface area contributed by atoms with Gasteiger partial charge in [-0.25, -0.2) is 0 Å². The first kappa shape index (κ1) is 13.3. The normalized spacial score (nSPS) is 27.5. The van der Waals surface area contributed by atoms with E-state index in [1.54, 1.807) is 0 Å². The van der Waals surface area contributed by atoms with Crippen LogP contribution in [-0.2, 0) is 9.59 Å². The van der Waals surface area contributed by atoms with Gasteiger partial charge in [-0.2, -0.15) is 0 Å². The zero-order valence-electron chi connectivity index (χ0n) is 12.4. The molecule has 22 heavy (non-hydrogen) atoms. The van der Waals surface area contributed by atoms with Gasteiger partial charge in [0.25, 0.3) is 0 Å². The minimum atomic E-state index is -0.205. The maximum atomic E-state index is 12.8. The Morgan fingerprint density at radius 1 is 1.00 bits per heavy atom. The lowest BCUT2D eigenvalue weighted by atomic mass is 9.78. The lowest BCUT2D eigenvalue weighted by Crippen LogP contribution is -2.31. The molecule has 1 saturated heterocycles. The van der Waals surface area contributed by atoms with Crippen LogP contribution in [-0.4, -0.2) is 11.8 Å². The van der Waals surface area contributed by atoms with Crippen molar-refractivity contribution in [1.82, 2.24) is 0 Å². The number of nitrogens with zero attached hydrogens (tertiary/aromatic N) is 1. The highest BCUT2D eigenvalue weighted by atomic mass is 16.2. The fourth-order valence-corrected chi connectivity index (χ4v) is 3.72. The monoisotopic (exact) mass is 291 g/mol. The van der Waals surface area contributed by atoms with Gasteiger partial charge in [-0.1, -0.05) is 49.4 Å². The van der Waals surface area contributed by atoms with Crippen LogP contribution in [0.15, 0.2) is 54.6 Å². The van der Waals surface area contributed by atoms with Gasteiger partial charge < -0.3 is 0 Å². The van der Waals surface area contributed by atoms with Crippen molar-refractivity contribution >= 4 is 28.3 Å². The second-order valence-electron chi connectivity index (χ2n) is 6.20. The van der Waals surface area contributed by atoms with Crippen LogP contribution >= 0.6 is 0 Å². The average Bonchev–Trinajstić information content (AvgIpc) is 2.79. The van der Waals surface area contributed by atoms with Gasteiger partial charge >= 0.3 is 0 Å². The number of imide groups is 1. The van der Waals surface area contributed by atoms with Crippen LogP contribution in [0.3, 0.4) is 0 Å². The molecule has 2 aromatic carbocycles. The first-order valence-corrected chi connectivity index (χ1v) is 7.70. The van der Waals surface area contributed by atoms with E-state index in [1.165, 1.54) is 4.90 Å². The van der Waals surface area contributed by atoms with E-state index in [1.807, 2.05) is 55.5 Å². The first-order chi connectivity index (χ1) is 10.7. The van der Waals surface area contributed by atoms with Crippen molar-refractivity contribution in [2.24, 2.45) is 17.8 Å². The van der Waals surface area contributed by atoms with Crippen molar-refractivity contribution in [2.75, 3.05) is 4.90 Å². The summed E-state index contributed by atoms with van der Waals surface area (Å²) in [5.41, 5.74) is 0.690. The van der Waals surface area contributed by atoms with E-state index in [0.717, 1.165) is 10.8 Å². The van der Waals surface area contributed by atoms with Gasteiger partial charge in [0.1, 0.15) is 0 Å². The minimum Gasteiger partial charge on any atom is -0.274 e. The van der Waals surface area contributed by atoms with E-state index in [0.29, 0.717) is 12.1 Å². The molecule has 0 aromatic heterocycles. The number of hydrogen-bond donors (Lipinski definition) is 0. The zero-order valence-corrected chi connectivity index (χ0v) is 12.4. The molecule has 1 aliphatic carbocycles. The smallest absolute Gasteiger partial charge is 0.238 e. The minimum absolute atomic E-state index is 0.0536. The highest BCUT2D eigenvalue weighted by Gasteiger charge is 2.50. The highest BCUT2D eigenvalue weighted by molar-refractivity contribution is 6.22. The summed E-state index contributed by atoms with van der Waals surface area (Å²) >= 11 is 0. The lowest BCUT2D eigenvalue weighted by Gasteiger charge is -2.22. The number of allylic oxidation sites excluding steroid dienone is 2. The van der Waals surface area contributed by atoms with Crippen molar-refractivity contribution in [2.45, 2.75) is 13.3 Å². The van der Waals surface area contributed by atoms with E-state index < -0.39 is 0 Å². The molecule has 2 aliphatic rings. The third kappa shape index (κ3) is 1.82. The predicted octanol–water partition coefficient (Wildman–Crippen LogP) is 3.54. The van der Waals surface area contributed by atoms with Gasteiger partial charge in [0.05, 0.1) is 17.5 Å². The Kier molecular flexibility index (Phi) is 2.89. The molecule has 0 unspecified atom stereocenters. The molecule has 4 rings (SSSR count). The van der Waals surface area contributed by atoms with Gasteiger partial charge in [-0.3, -0.25) is 14.5 Å². The zero-order chi connectivity index (χ0) is 15.3. The summed E-state index contributed by atoms with van der Waals surface area (Å²) in [5, 5.41) is 2.15. The molecule has 0 bridgehead atoms. The van der Waals surface area contributed by atoms with Gasteiger partial charge in [0, 0.05) is 0 Å². The van der Waals surface area contributed by atoms with Crippen LogP contribution in [0.5, 0.6) is 0 Å². The van der Waals surface area contributed by atoms with Gasteiger partial charge in [0.15, 0.2) is 0 Å². The Morgan fingerprint density at radius 3 is 2.55 bits per heavy atom. The second kappa shape index (κ2) is 4.80. The van der Waals surface area contributed by atoms with Crippen LogP contribution in [0.25, 0.3) is 10.8 Å². The molecule has 3 nitrogen and oxygen atoms in total. The summed E-state index contributed by atoms with van der Waals surface area (Å²) in [4.78, 5) is 26.9. The van der Waals surface area contributed by atoms with E-state index in [-0.39, 0.29) is 29.6 Å². The van der Waals surface area contributed by atoms with E-state index in [9.17, 15) is 9.59 Å². The average molecular weight is 291 g/mol. The van der Waals surface area contributed by atoms with E-state index >= 15 is 0 Å². The Labute approximate surface area is 129 Å². The molecule has 2 amide bonds. The summed E-state index contributed by atoms with van der Waals surface area (Å²) in [7, 11) is 0. The van der Waals surface area contributed by atoms with Crippen molar-refractivity contribution in [3.05, 3.63) is 54.6 Å². The fourth-order valence-electron chi connectivity index (χ4n) is 3.72. The van der Waals surface area contributed by atoms with Crippen LogP contribution in [0, 0.1) is 17.8 Å². The lowest BCUT2D eigenvalue weighted by molar-refractivity contribution is -0.122. The Bertz CT molecular complexity index is 808. The largest absolute Gasteiger partial charge is 0.274 e. The molecule has 1 heterocycles. The van der Waals surface area contributed by atoms with Crippen LogP contribution in [0.4, 0.5) is 5.69 Å². The molecular weight excluding hydrogens is 274 g/mol.